The predicted octanol–water partition coefficient (Wildman–Crippen LogP) is 3.41. The molecule has 21 heavy (non-hydrogen) atoms. The quantitative estimate of drug-likeness (QED) is 0.620. The van der Waals surface area contributed by atoms with Crippen molar-refractivity contribution in [1.82, 2.24) is 4.98 Å². The number of fused-ring (bicyclic) bond motifs is 2. The van der Waals surface area contributed by atoms with E-state index in [1.165, 1.54) is 19.3 Å². The van der Waals surface area contributed by atoms with E-state index < -0.39 is 0 Å². The zero-order valence-corrected chi connectivity index (χ0v) is 12.3. The number of hydrogen-bond donors (Lipinski definition) is 2. The fourth-order valence-electron chi connectivity index (χ4n) is 3.65. The molecule has 1 aromatic heterocycles. The summed E-state index contributed by atoms with van der Waals surface area (Å²) in [6, 6.07) is 3.57. The van der Waals surface area contributed by atoms with Crippen LogP contribution in [0.3, 0.4) is 0 Å². The molecular formula is C15H22N4O2. The SMILES string of the molecule is CCCNc1ccc([N+](=O)[O-])c(NC2CC3CCC2C3)n1. The highest BCUT2D eigenvalue weighted by Crippen LogP contribution is 2.46. The number of nitrogens with one attached hydrogen (secondary N) is 2. The first-order valence-electron chi connectivity index (χ1n) is 7.83. The van der Waals surface area contributed by atoms with Crippen molar-refractivity contribution in [3.8, 4) is 0 Å². The highest BCUT2D eigenvalue weighted by Gasteiger charge is 2.40. The Morgan fingerprint density at radius 3 is 2.86 bits per heavy atom. The maximum atomic E-state index is 11.2. The lowest BCUT2D eigenvalue weighted by atomic mass is 9.95. The van der Waals surface area contributed by atoms with Gasteiger partial charge in [0.05, 0.1) is 4.92 Å². The number of nitro groups is 1. The molecular weight excluding hydrogens is 268 g/mol. The summed E-state index contributed by atoms with van der Waals surface area (Å²) in [5.74, 6) is 2.57. The van der Waals surface area contributed by atoms with Crippen LogP contribution in [-0.2, 0) is 0 Å². The van der Waals surface area contributed by atoms with Gasteiger partial charge in [-0.05, 0) is 43.6 Å². The topological polar surface area (TPSA) is 80.1 Å². The summed E-state index contributed by atoms with van der Waals surface area (Å²) >= 11 is 0. The van der Waals surface area contributed by atoms with Crippen molar-refractivity contribution in [3.05, 3.63) is 22.2 Å². The molecule has 0 spiro atoms. The van der Waals surface area contributed by atoms with Gasteiger partial charge in [-0.15, -0.1) is 0 Å². The highest BCUT2D eigenvalue weighted by molar-refractivity contribution is 5.60. The van der Waals surface area contributed by atoms with Gasteiger partial charge in [-0.1, -0.05) is 13.3 Å². The van der Waals surface area contributed by atoms with E-state index in [4.69, 9.17) is 0 Å². The number of pyridine rings is 1. The molecule has 3 rings (SSSR count). The van der Waals surface area contributed by atoms with E-state index in [9.17, 15) is 10.1 Å². The van der Waals surface area contributed by atoms with Crippen LogP contribution in [0.15, 0.2) is 12.1 Å². The lowest BCUT2D eigenvalue weighted by Crippen LogP contribution is -2.27. The molecule has 0 aromatic carbocycles. The van der Waals surface area contributed by atoms with E-state index in [0.29, 0.717) is 23.6 Å². The molecule has 0 radical (unpaired) electrons. The summed E-state index contributed by atoms with van der Waals surface area (Å²) in [6.07, 6.45) is 5.93. The lowest BCUT2D eigenvalue weighted by Gasteiger charge is -2.23. The molecule has 2 bridgehead atoms. The Kier molecular flexibility index (Phi) is 3.94. The minimum Gasteiger partial charge on any atom is -0.370 e. The van der Waals surface area contributed by atoms with Gasteiger partial charge in [0.2, 0.25) is 5.82 Å². The summed E-state index contributed by atoms with van der Waals surface area (Å²) in [6.45, 7) is 2.89. The molecule has 1 heterocycles. The van der Waals surface area contributed by atoms with Gasteiger partial charge in [-0.25, -0.2) is 4.98 Å². The van der Waals surface area contributed by atoms with Gasteiger partial charge in [0.25, 0.3) is 0 Å². The van der Waals surface area contributed by atoms with Gasteiger partial charge in [-0.3, -0.25) is 10.1 Å². The smallest absolute Gasteiger partial charge is 0.311 e. The molecule has 0 amide bonds. The molecule has 2 aliphatic rings. The maximum Gasteiger partial charge on any atom is 0.311 e. The van der Waals surface area contributed by atoms with E-state index >= 15 is 0 Å². The second-order valence-corrected chi connectivity index (χ2v) is 6.17. The zero-order chi connectivity index (χ0) is 14.8. The summed E-state index contributed by atoms with van der Waals surface area (Å²) in [4.78, 5) is 15.2. The van der Waals surface area contributed by atoms with E-state index in [1.807, 2.05) is 0 Å². The number of rotatable bonds is 6. The number of nitrogens with zero attached hydrogens (tertiary/aromatic N) is 2. The fraction of sp³-hybridized carbons (Fsp3) is 0.667. The second kappa shape index (κ2) is 5.87. The van der Waals surface area contributed by atoms with Crippen molar-refractivity contribution < 1.29 is 4.92 Å². The van der Waals surface area contributed by atoms with Crippen molar-refractivity contribution >= 4 is 17.3 Å². The van der Waals surface area contributed by atoms with Crippen molar-refractivity contribution in [1.29, 1.82) is 0 Å². The number of hydrogen-bond acceptors (Lipinski definition) is 5. The molecule has 2 fully saturated rings. The van der Waals surface area contributed by atoms with Crippen LogP contribution in [0.2, 0.25) is 0 Å². The summed E-state index contributed by atoms with van der Waals surface area (Å²) in [5, 5.41) is 17.7. The first-order valence-corrected chi connectivity index (χ1v) is 7.83. The first-order chi connectivity index (χ1) is 10.2. The van der Waals surface area contributed by atoms with Gasteiger partial charge in [0, 0.05) is 18.7 Å². The third-order valence-corrected chi connectivity index (χ3v) is 4.69. The maximum absolute atomic E-state index is 11.2. The van der Waals surface area contributed by atoms with Crippen LogP contribution in [-0.4, -0.2) is 22.5 Å². The summed E-state index contributed by atoms with van der Waals surface area (Å²) in [5.41, 5.74) is 0.0693. The Morgan fingerprint density at radius 2 is 2.24 bits per heavy atom. The van der Waals surface area contributed by atoms with E-state index in [-0.39, 0.29) is 10.6 Å². The van der Waals surface area contributed by atoms with Crippen molar-refractivity contribution in [2.75, 3.05) is 17.2 Å². The number of aromatic nitrogens is 1. The molecule has 1 aromatic rings. The predicted molar refractivity (Wildman–Crippen MR) is 82.5 cm³/mol. The molecule has 6 nitrogen and oxygen atoms in total. The molecule has 114 valence electrons. The van der Waals surface area contributed by atoms with Crippen molar-refractivity contribution in [2.24, 2.45) is 11.8 Å². The largest absolute Gasteiger partial charge is 0.370 e. The summed E-state index contributed by atoms with van der Waals surface area (Å²) < 4.78 is 0. The molecule has 0 saturated heterocycles. The van der Waals surface area contributed by atoms with Gasteiger partial charge in [0.1, 0.15) is 5.82 Å². The van der Waals surface area contributed by atoms with Gasteiger partial charge >= 0.3 is 5.69 Å². The average Bonchev–Trinajstić information content (AvgIpc) is 3.07. The van der Waals surface area contributed by atoms with Crippen LogP contribution in [0.25, 0.3) is 0 Å². The number of anilines is 2. The van der Waals surface area contributed by atoms with Crippen LogP contribution in [0, 0.1) is 22.0 Å². The highest BCUT2D eigenvalue weighted by atomic mass is 16.6. The Labute approximate surface area is 124 Å². The normalized spacial score (nSPS) is 26.8. The standard InChI is InChI=1S/C15H22N4O2/c1-2-7-16-14-6-5-13(19(20)21)15(18-14)17-12-9-10-3-4-11(12)8-10/h5-6,10-12H,2-4,7-9H2,1H3,(H2,16,17,18). The Bertz CT molecular complexity index is 534. The summed E-state index contributed by atoms with van der Waals surface area (Å²) in [7, 11) is 0. The minimum absolute atomic E-state index is 0.0693. The molecule has 6 heteroatoms. The van der Waals surface area contributed by atoms with Crippen LogP contribution in [0.5, 0.6) is 0 Å². The monoisotopic (exact) mass is 290 g/mol. The Balaban J connectivity index is 1.78. The zero-order valence-electron chi connectivity index (χ0n) is 12.3. The Morgan fingerprint density at radius 1 is 1.38 bits per heavy atom. The third-order valence-electron chi connectivity index (χ3n) is 4.69. The van der Waals surface area contributed by atoms with E-state index in [2.05, 4.69) is 22.5 Å². The third kappa shape index (κ3) is 2.94. The molecule has 2 saturated carbocycles. The molecule has 3 atom stereocenters. The van der Waals surface area contributed by atoms with Crippen LogP contribution in [0.4, 0.5) is 17.3 Å². The van der Waals surface area contributed by atoms with Crippen LogP contribution >= 0.6 is 0 Å². The lowest BCUT2D eigenvalue weighted by molar-refractivity contribution is -0.384. The van der Waals surface area contributed by atoms with Gasteiger partial charge in [-0.2, -0.15) is 0 Å². The molecule has 0 aliphatic heterocycles. The van der Waals surface area contributed by atoms with Crippen molar-refractivity contribution in [2.45, 2.75) is 45.1 Å². The van der Waals surface area contributed by atoms with E-state index in [0.717, 1.165) is 25.3 Å². The van der Waals surface area contributed by atoms with Gasteiger partial charge in [0.15, 0.2) is 0 Å². The average molecular weight is 290 g/mol. The minimum atomic E-state index is -0.355. The molecule has 2 N–H and O–H groups in total. The van der Waals surface area contributed by atoms with E-state index in [1.54, 1.807) is 12.1 Å². The fourth-order valence-corrected chi connectivity index (χ4v) is 3.65. The van der Waals surface area contributed by atoms with Gasteiger partial charge < -0.3 is 10.6 Å². The Hall–Kier alpha value is -1.85. The molecule has 3 unspecified atom stereocenters. The van der Waals surface area contributed by atoms with Crippen LogP contribution in [0.1, 0.15) is 39.0 Å². The van der Waals surface area contributed by atoms with Crippen LogP contribution < -0.4 is 10.6 Å². The van der Waals surface area contributed by atoms with Crippen molar-refractivity contribution in [3.63, 3.8) is 0 Å². The molecule has 2 aliphatic carbocycles. The first kappa shape index (κ1) is 14.1. The second-order valence-electron chi connectivity index (χ2n) is 6.17.